The summed E-state index contributed by atoms with van der Waals surface area (Å²) in [5.74, 6) is -1.15. The summed E-state index contributed by atoms with van der Waals surface area (Å²) in [5, 5.41) is 9.41. The van der Waals surface area contributed by atoms with Crippen LogP contribution >= 0.6 is 0 Å². The van der Waals surface area contributed by atoms with E-state index >= 15 is 0 Å². The molecule has 0 aliphatic heterocycles. The minimum absolute atomic E-state index is 0.0298. The van der Waals surface area contributed by atoms with Gasteiger partial charge in [-0.2, -0.15) is 0 Å². The summed E-state index contributed by atoms with van der Waals surface area (Å²) >= 11 is 0. The summed E-state index contributed by atoms with van der Waals surface area (Å²) in [6.45, 7) is 3.59. The van der Waals surface area contributed by atoms with Gasteiger partial charge in [0, 0.05) is 0 Å². The van der Waals surface area contributed by atoms with Crippen molar-refractivity contribution in [3.8, 4) is 0 Å². The highest BCUT2D eigenvalue weighted by Gasteiger charge is 2.63. The average Bonchev–Trinajstić information content (AvgIpc) is 3.07. The van der Waals surface area contributed by atoms with E-state index < -0.39 is 17.8 Å². The zero-order chi connectivity index (χ0) is 13.0. The Morgan fingerprint density at radius 2 is 1.72 bits per heavy atom. The first-order valence-corrected chi connectivity index (χ1v) is 6.62. The number of carbonyl (C=O) groups excluding carboxylic acids is 1. The normalized spacial score (nSPS) is 43.7. The van der Waals surface area contributed by atoms with Crippen LogP contribution in [0, 0.1) is 35.5 Å². The molecule has 0 saturated heterocycles. The highest BCUT2D eigenvalue weighted by Crippen LogP contribution is 2.63. The van der Waals surface area contributed by atoms with Crippen molar-refractivity contribution in [1.29, 1.82) is 0 Å². The Kier molecular flexibility index (Phi) is 2.50. The Morgan fingerprint density at radius 1 is 1.17 bits per heavy atom. The predicted molar refractivity (Wildman–Crippen MR) is 63.6 cm³/mol. The molecular formula is C14H18O4. The first-order valence-electron chi connectivity index (χ1n) is 6.62. The van der Waals surface area contributed by atoms with Crippen LogP contribution in [0.15, 0.2) is 12.2 Å². The Balaban J connectivity index is 1.89. The van der Waals surface area contributed by atoms with Crippen molar-refractivity contribution in [3.05, 3.63) is 12.2 Å². The van der Waals surface area contributed by atoms with Crippen LogP contribution in [0.25, 0.3) is 0 Å². The Labute approximate surface area is 106 Å². The third kappa shape index (κ3) is 1.58. The number of carboxylic acid groups (broad SMARTS) is 1. The zero-order valence-electron chi connectivity index (χ0n) is 10.6. The third-order valence-electron chi connectivity index (χ3n) is 4.56. The van der Waals surface area contributed by atoms with Crippen molar-refractivity contribution in [2.75, 3.05) is 0 Å². The minimum atomic E-state index is -0.856. The molecule has 0 aromatic heterocycles. The van der Waals surface area contributed by atoms with Crippen LogP contribution in [-0.2, 0) is 14.3 Å². The summed E-state index contributed by atoms with van der Waals surface area (Å²) in [5.41, 5.74) is 0. The standard InChI is InChI=1S/C14H18O4/c1-6(2)18-14(17)12-8-4-3-7(9-5-10(8)9)11(12)13(15)16/h3-4,6-12H,5H2,1-2H3,(H,15,16)/t7-,8-,9-,10-,11+,12+/m0/s1. The summed E-state index contributed by atoms with van der Waals surface area (Å²) in [4.78, 5) is 23.6. The number of aliphatic carboxylic acids is 1. The van der Waals surface area contributed by atoms with Gasteiger partial charge in [-0.05, 0) is 43.9 Å². The van der Waals surface area contributed by atoms with Crippen LogP contribution in [0.2, 0.25) is 0 Å². The molecule has 4 heteroatoms. The molecule has 0 unspecified atom stereocenters. The molecule has 6 atom stereocenters. The summed E-state index contributed by atoms with van der Waals surface area (Å²) in [6, 6.07) is 0. The maximum atomic E-state index is 12.2. The summed E-state index contributed by atoms with van der Waals surface area (Å²) in [6.07, 6.45) is 4.94. The number of fused-ring (bicyclic) bond motifs is 1. The van der Waals surface area contributed by atoms with Gasteiger partial charge in [0.2, 0.25) is 0 Å². The maximum Gasteiger partial charge on any atom is 0.310 e. The molecule has 0 aromatic rings. The van der Waals surface area contributed by atoms with Gasteiger partial charge in [0.05, 0.1) is 17.9 Å². The van der Waals surface area contributed by atoms with E-state index in [-0.39, 0.29) is 23.9 Å². The third-order valence-corrected chi connectivity index (χ3v) is 4.56. The minimum Gasteiger partial charge on any atom is -0.481 e. The van der Waals surface area contributed by atoms with E-state index in [1.165, 1.54) is 0 Å². The molecule has 2 fully saturated rings. The molecule has 0 amide bonds. The van der Waals surface area contributed by atoms with Gasteiger partial charge < -0.3 is 9.84 Å². The molecule has 4 aliphatic carbocycles. The van der Waals surface area contributed by atoms with E-state index in [4.69, 9.17) is 4.74 Å². The second-order valence-corrected chi connectivity index (χ2v) is 5.98. The molecule has 0 aromatic carbocycles. The molecule has 4 aliphatic rings. The van der Waals surface area contributed by atoms with Crippen molar-refractivity contribution < 1.29 is 19.4 Å². The lowest BCUT2D eigenvalue weighted by molar-refractivity contribution is -0.167. The molecule has 0 heterocycles. The van der Waals surface area contributed by atoms with Crippen LogP contribution in [0.4, 0.5) is 0 Å². The van der Waals surface area contributed by atoms with Gasteiger partial charge in [-0.1, -0.05) is 12.2 Å². The van der Waals surface area contributed by atoms with Crippen molar-refractivity contribution in [2.45, 2.75) is 26.4 Å². The second-order valence-electron chi connectivity index (χ2n) is 5.98. The molecule has 0 radical (unpaired) electrons. The Bertz CT molecular complexity index is 426. The fraction of sp³-hybridized carbons (Fsp3) is 0.714. The van der Waals surface area contributed by atoms with Crippen molar-refractivity contribution in [2.24, 2.45) is 35.5 Å². The van der Waals surface area contributed by atoms with Gasteiger partial charge in [0.25, 0.3) is 0 Å². The van der Waals surface area contributed by atoms with Crippen LogP contribution in [0.3, 0.4) is 0 Å². The number of esters is 1. The van der Waals surface area contributed by atoms with E-state index in [0.717, 1.165) is 6.42 Å². The topological polar surface area (TPSA) is 63.6 Å². The molecule has 98 valence electrons. The SMILES string of the molecule is CC(C)OC(=O)[C@@H]1[C@H]2C=C[C@@H]([C@@H]3C[C@@H]23)[C@H]1C(=O)O. The Hall–Kier alpha value is -1.32. The lowest BCUT2D eigenvalue weighted by Gasteiger charge is -2.41. The van der Waals surface area contributed by atoms with Gasteiger partial charge in [-0.15, -0.1) is 0 Å². The summed E-state index contributed by atoms with van der Waals surface area (Å²) < 4.78 is 5.25. The van der Waals surface area contributed by atoms with Gasteiger partial charge >= 0.3 is 11.9 Å². The largest absolute Gasteiger partial charge is 0.481 e. The molecule has 2 saturated carbocycles. The van der Waals surface area contributed by atoms with E-state index in [1.807, 2.05) is 12.2 Å². The van der Waals surface area contributed by atoms with Crippen LogP contribution in [0.5, 0.6) is 0 Å². The number of allylic oxidation sites excluding steroid dienone is 2. The fourth-order valence-corrected chi connectivity index (χ4v) is 3.85. The number of hydrogen-bond donors (Lipinski definition) is 1. The average molecular weight is 250 g/mol. The molecule has 4 rings (SSSR count). The van der Waals surface area contributed by atoms with Crippen LogP contribution in [0.1, 0.15) is 20.3 Å². The molecule has 4 nitrogen and oxygen atoms in total. The van der Waals surface area contributed by atoms with Crippen LogP contribution < -0.4 is 0 Å². The Morgan fingerprint density at radius 3 is 2.22 bits per heavy atom. The number of ether oxygens (including phenoxy) is 1. The van der Waals surface area contributed by atoms with Gasteiger partial charge in [0.1, 0.15) is 0 Å². The lowest BCUT2D eigenvalue weighted by atomic mass is 9.62. The summed E-state index contributed by atoms with van der Waals surface area (Å²) in [7, 11) is 0. The van der Waals surface area contributed by atoms with E-state index in [1.54, 1.807) is 13.8 Å². The quantitative estimate of drug-likeness (QED) is 0.611. The number of rotatable bonds is 3. The molecule has 18 heavy (non-hydrogen) atoms. The van der Waals surface area contributed by atoms with Crippen molar-refractivity contribution in [1.82, 2.24) is 0 Å². The first-order chi connectivity index (χ1) is 8.50. The first kappa shape index (κ1) is 11.8. The van der Waals surface area contributed by atoms with E-state index in [2.05, 4.69) is 0 Å². The fourth-order valence-electron chi connectivity index (χ4n) is 3.85. The lowest BCUT2D eigenvalue weighted by Crippen LogP contribution is -2.47. The van der Waals surface area contributed by atoms with Gasteiger partial charge in [-0.3, -0.25) is 9.59 Å². The maximum absolute atomic E-state index is 12.2. The molecule has 0 spiro atoms. The van der Waals surface area contributed by atoms with Gasteiger partial charge in [0.15, 0.2) is 0 Å². The van der Waals surface area contributed by atoms with E-state index in [9.17, 15) is 14.7 Å². The zero-order valence-corrected chi connectivity index (χ0v) is 10.6. The highest BCUT2D eigenvalue weighted by atomic mass is 16.5. The smallest absolute Gasteiger partial charge is 0.310 e. The molecular weight excluding hydrogens is 232 g/mol. The van der Waals surface area contributed by atoms with Crippen LogP contribution in [-0.4, -0.2) is 23.1 Å². The van der Waals surface area contributed by atoms with Crippen molar-refractivity contribution in [3.63, 3.8) is 0 Å². The molecule has 2 bridgehead atoms. The van der Waals surface area contributed by atoms with Gasteiger partial charge in [-0.25, -0.2) is 0 Å². The number of carbonyl (C=O) groups is 2. The predicted octanol–water partition coefficient (Wildman–Crippen LogP) is 1.71. The number of hydrogen-bond acceptors (Lipinski definition) is 3. The van der Waals surface area contributed by atoms with Crippen molar-refractivity contribution >= 4 is 11.9 Å². The monoisotopic (exact) mass is 250 g/mol. The number of carboxylic acids is 1. The second kappa shape index (κ2) is 3.84. The van der Waals surface area contributed by atoms with E-state index in [0.29, 0.717) is 11.8 Å². The highest BCUT2D eigenvalue weighted by molar-refractivity contribution is 5.83. The molecule has 1 N–H and O–H groups in total.